The number of H-pyrrole nitrogens is 1. The zero-order valence-electron chi connectivity index (χ0n) is 11.9. The summed E-state index contributed by atoms with van der Waals surface area (Å²) in [7, 11) is 1.67. The van der Waals surface area contributed by atoms with E-state index < -0.39 is 0 Å². The molecule has 2 aromatic heterocycles. The van der Waals surface area contributed by atoms with Crippen LogP contribution in [0.3, 0.4) is 0 Å². The highest BCUT2D eigenvalue weighted by Crippen LogP contribution is 2.42. The van der Waals surface area contributed by atoms with Crippen molar-refractivity contribution in [2.75, 3.05) is 12.8 Å². The zero-order chi connectivity index (χ0) is 14.4. The van der Waals surface area contributed by atoms with Gasteiger partial charge in [0, 0.05) is 10.9 Å². The third kappa shape index (κ3) is 2.00. The Balaban J connectivity index is 1.88. The number of imidazole rings is 1. The Morgan fingerprint density at radius 2 is 2.14 bits per heavy atom. The number of methoxy groups -OCH3 is 1. The topological polar surface area (TPSA) is 63.9 Å². The lowest BCUT2D eigenvalue weighted by Gasteiger charge is -2.11. The molecule has 0 fully saturated rings. The second-order valence-corrected chi connectivity index (χ2v) is 6.56. The highest BCUT2D eigenvalue weighted by Gasteiger charge is 2.22. The molecule has 1 aliphatic carbocycles. The predicted molar refractivity (Wildman–Crippen MR) is 87.0 cm³/mol. The van der Waals surface area contributed by atoms with Crippen LogP contribution in [-0.2, 0) is 12.8 Å². The lowest BCUT2D eigenvalue weighted by molar-refractivity contribution is 0.415. The molecule has 0 atom stereocenters. The van der Waals surface area contributed by atoms with Gasteiger partial charge in [-0.15, -0.1) is 11.3 Å². The molecule has 1 aliphatic rings. The van der Waals surface area contributed by atoms with E-state index in [2.05, 4.69) is 4.98 Å². The van der Waals surface area contributed by atoms with Crippen LogP contribution in [0.4, 0.5) is 5.00 Å². The van der Waals surface area contributed by atoms with Crippen molar-refractivity contribution in [2.24, 2.45) is 0 Å². The van der Waals surface area contributed by atoms with Crippen LogP contribution in [0.15, 0.2) is 18.2 Å². The number of aromatic nitrogens is 2. The van der Waals surface area contributed by atoms with E-state index in [4.69, 9.17) is 15.5 Å². The molecule has 1 aromatic carbocycles. The first-order valence-corrected chi connectivity index (χ1v) is 8.02. The van der Waals surface area contributed by atoms with Crippen LogP contribution < -0.4 is 10.5 Å². The number of rotatable bonds is 2. The van der Waals surface area contributed by atoms with E-state index in [1.54, 1.807) is 18.4 Å². The van der Waals surface area contributed by atoms with Gasteiger partial charge >= 0.3 is 0 Å². The zero-order valence-corrected chi connectivity index (χ0v) is 12.7. The van der Waals surface area contributed by atoms with Crippen molar-refractivity contribution in [3.63, 3.8) is 0 Å². The summed E-state index contributed by atoms with van der Waals surface area (Å²) in [5.41, 5.74) is 10.7. The molecule has 0 saturated heterocycles. The maximum absolute atomic E-state index is 6.26. The van der Waals surface area contributed by atoms with Gasteiger partial charge in [-0.05, 0) is 43.4 Å². The third-order valence-corrected chi connectivity index (χ3v) is 5.25. The summed E-state index contributed by atoms with van der Waals surface area (Å²) in [5, 5.41) is 0.882. The van der Waals surface area contributed by atoms with E-state index in [1.165, 1.54) is 23.3 Å². The first-order chi connectivity index (χ1) is 10.3. The first-order valence-electron chi connectivity index (χ1n) is 7.20. The van der Waals surface area contributed by atoms with Gasteiger partial charge in [0.1, 0.15) is 11.6 Å². The molecule has 2 heterocycles. The van der Waals surface area contributed by atoms with Crippen LogP contribution in [0.25, 0.3) is 22.4 Å². The Morgan fingerprint density at radius 1 is 1.29 bits per heavy atom. The van der Waals surface area contributed by atoms with Crippen molar-refractivity contribution in [1.82, 2.24) is 9.97 Å². The standard InChI is InChI=1S/C16H17N3OS/c1-20-9-6-7-11-12(8-9)19-16(18-11)14-10-4-2-3-5-13(10)21-15(14)17/h6-8H,2-5,17H2,1H3,(H,18,19). The summed E-state index contributed by atoms with van der Waals surface area (Å²) in [6.07, 6.45) is 4.77. The van der Waals surface area contributed by atoms with Crippen molar-refractivity contribution in [2.45, 2.75) is 25.7 Å². The Hall–Kier alpha value is -2.01. The molecule has 108 valence electrons. The van der Waals surface area contributed by atoms with Crippen LogP contribution in [-0.4, -0.2) is 17.1 Å². The molecule has 4 nitrogen and oxygen atoms in total. The Morgan fingerprint density at radius 3 is 3.00 bits per heavy atom. The van der Waals surface area contributed by atoms with Crippen LogP contribution in [0.5, 0.6) is 5.75 Å². The Bertz CT molecular complexity index is 818. The maximum Gasteiger partial charge on any atom is 0.141 e. The van der Waals surface area contributed by atoms with E-state index in [1.807, 2.05) is 18.2 Å². The SMILES string of the molecule is COc1ccc2nc(-c3c(N)sc4c3CCCC4)[nH]c2c1. The summed E-state index contributed by atoms with van der Waals surface area (Å²) in [4.78, 5) is 9.55. The minimum Gasteiger partial charge on any atom is -0.497 e. The van der Waals surface area contributed by atoms with Crippen LogP contribution in [0.2, 0.25) is 0 Å². The number of hydrogen-bond donors (Lipinski definition) is 2. The van der Waals surface area contributed by atoms with Crippen LogP contribution in [0, 0.1) is 0 Å². The Kier molecular flexibility index (Phi) is 2.89. The molecule has 3 aromatic rings. The second kappa shape index (κ2) is 4.77. The number of hydrogen-bond acceptors (Lipinski definition) is 4. The maximum atomic E-state index is 6.26. The largest absolute Gasteiger partial charge is 0.497 e. The van der Waals surface area contributed by atoms with Crippen molar-refractivity contribution in [1.29, 1.82) is 0 Å². The van der Waals surface area contributed by atoms with Gasteiger partial charge < -0.3 is 15.5 Å². The van der Waals surface area contributed by atoms with Gasteiger partial charge in [0.15, 0.2) is 0 Å². The fourth-order valence-electron chi connectivity index (χ4n) is 3.08. The van der Waals surface area contributed by atoms with Gasteiger partial charge in [-0.2, -0.15) is 0 Å². The van der Waals surface area contributed by atoms with E-state index >= 15 is 0 Å². The Labute approximate surface area is 127 Å². The fourth-order valence-corrected chi connectivity index (χ4v) is 4.24. The third-order valence-electron chi connectivity index (χ3n) is 4.12. The number of nitrogens with zero attached hydrogens (tertiary/aromatic N) is 1. The normalized spacial score (nSPS) is 14.3. The molecule has 0 saturated carbocycles. The molecule has 0 spiro atoms. The molecule has 0 radical (unpaired) electrons. The number of benzene rings is 1. The molecule has 5 heteroatoms. The number of fused-ring (bicyclic) bond motifs is 2. The molecular weight excluding hydrogens is 282 g/mol. The second-order valence-electron chi connectivity index (χ2n) is 5.42. The minimum absolute atomic E-state index is 0.831. The quantitative estimate of drug-likeness (QED) is 0.757. The summed E-state index contributed by atoms with van der Waals surface area (Å²) in [6.45, 7) is 0. The smallest absolute Gasteiger partial charge is 0.141 e. The number of aromatic amines is 1. The van der Waals surface area contributed by atoms with Gasteiger partial charge in [0.2, 0.25) is 0 Å². The number of anilines is 1. The summed E-state index contributed by atoms with van der Waals surface area (Å²) >= 11 is 1.72. The molecule has 0 unspecified atom stereocenters. The summed E-state index contributed by atoms with van der Waals surface area (Å²) in [6, 6.07) is 5.88. The van der Waals surface area contributed by atoms with Gasteiger partial charge in [-0.1, -0.05) is 0 Å². The lowest BCUT2D eigenvalue weighted by atomic mass is 9.95. The number of ether oxygens (including phenoxy) is 1. The van der Waals surface area contributed by atoms with E-state index in [0.717, 1.165) is 46.0 Å². The minimum atomic E-state index is 0.831. The molecule has 0 amide bonds. The van der Waals surface area contributed by atoms with Crippen molar-refractivity contribution < 1.29 is 4.74 Å². The van der Waals surface area contributed by atoms with E-state index in [-0.39, 0.29) is 0 Å². The molecule has 3 N–H and O–H groups in total. The van der Waals surface area contributed by atoms with E-state index in [9.17, 15) is 0 Å². The van der Waals surface area contributed by atoms with Gasteiger partial charge in [-0.3, -0.25) is 0 Å². The van der Waals surface area contributed by atoms with Crippen molar-refractivity contribution >= 4 is 27.4 Å². The van der Waals surface area contributed by atoms with E-state index in [0.29, 0.717) is 0 Å². The van der Waals surface area contributed by atoms with Crippen molar-refractivity contribution in [3.8, 4) is 17.1 Å². The fraction of sp³-hybridized carbons (Fsp3) is 0.312. The summed E-state index contributed by atoms with van der Waals surface area (Å²) < 4.78 is 5.27. The number of aryl methyl sites for hydroxylation is 1. The molecule has 4 rings (SSSR count). The predicted octanol–water partition coefficient (Wildman–Crippen LogP) is 3.76. The van der Waals surface area contributed by atoms with Gasteiger partial charge in [0.05, 0.1) is 28.7 Å². The first kappa shape index (κ1) is 12.7. The number of nitrogens with one attached hydrogen (secondary N) is 1. The summed E-state index contributed by atoms with van der Waals surface area (Å²) in [5.74, 6) is 1.72. The number of thiophene rings is 1. The molecule has 21 heavy (non-hydrogen) atoms. The molecular formula is C16H17N3OS. The van der Waals surface area contributed by atoms with Crippen molar-refractivity contribution in [3.05, 3.63) is 28.6 Å². The van der Waals surface area contributed by atoms with Gasteiger partial charge in [-0.25, -0.2) is 4.98 Å². The average Bonchev–Trinajstić information content (AvgIpc) is 3.05. The highest BCUT2D eigenvalue weighted by atomic mass is 32.1. The van der Waals surface area contributed by atoms with Crippen LogP contribution in [0.1, 0.15) is 23.3 Å². The molecule has 0 aliphatic heterocycles. The lowest BCUT2D eigenvalue weighted by Crippen LogP contribution is -2.00. The monoisotopic (exact) mass is 299 g/mol. The highest BCUT2D eigenvalue weighted by molar-refractivity contribution is 7.16. The molecule has 0 bridgehead atoms. The number of nitrogens with two attached hydrogens (primary N) is 1. The van der Waals surface area contributed by atoms with Crippen LogP contribution >= 0.6 is 11.3 Å². The number of nitrogen functional groups attached to an aromatic ring is 1. The van der Waals surface area contributed by atoms with Gasteiger partial charge in [0.25, 0.3) is 0 Å². The average molecular weight is 299 g/mol.